The van der Waals surface area contributed by atoms with Crippen molar-refractivity contribution < 1.29 is 14.7 Å². The standard InChI is InChI=1S/C14H21NO3Si/c1-19(2,3)13-10-7-14(18)5-4-12(17)15(14)8-9(10)6-11(13)16/h9,18H,4-8H2,1-3H3. The van der Waals surface area contributed by atoms with Gasteiger partial charge in [0.15, 0.2) is 5.78 Å². The van der Waals surface area contributed by atoms with Crippen LogP contribution in [0.15, 0.2) is 10.8 Å². The molecular weight excluding hydrogens is 258 g/mol. The zero-order chi connectivity index (χ0) is 14.0. The minimum Gasteiger partial charge on any atom is -0.370 e. The van der Waals surface area contributed by atoms with Crippen LogP contribution in [0, 0.1) is 5.92 Å². The number of piperidine rings is 1. The molecule has 4 nitrogen and oxygen atoms in total. The van der Waals surface area contributed by atoms with Gasteiger partial charge in [-0.1, -0.05) is 25.2 Å². The molecular formula is C14H21NO3Si. The summed E-state index contributed by atoms with van der Waals surface area (Å²) in [6.07, 6.45) is 1.98. The number of nitrogens with zero attached hydrogens (tertiary/aromatic N) is 1. The minimum absolute atomic E-state index is 0.0375. The van der Waals surface area contributed by atoms with E-state index in [0.29, 0.717) is 32.2 Å². The molecule has 0 aromatic rings. The molecule has 1 amide bonds. The molecule has 2 heterocycles. The fourth-order valence-corrected chi connectivity index (χ4v) is 6.12. The SMILES string of the molecule is C[Si](C)(C)C1=C2CC3(O)CCC(=O)N3CC2CC1=O. The predicted molar refractivity (Wildman–Crippen MR) is 74.0 cm³/mol. The van der Waals surface area contributed by atoms with Crippen LogP contribution in [0.5, 0.6) is 0 Å². The fraction of sp³-hybridized carbons (Fsp3) is 0.714. The number of Topliss-reactive ketones (excluding diaryl/α,β-unsaturated/α-hetero) is 1. The molecule has 3 rings (SSSR count). The highest BCUT2D eigenvalue weighted by atomic mass is 28.3. The Bertz CT molecular complexity index is 505. The van der Waals surface area contributed by atoms with Crippen LogP contribution in [0.4, 0.5) is 0 Å². The summed E-state index contributed by atoms with van der Waals surface area (Å²) < 4.78 is 0. The maximum Gasteiger partial charge on any atom is 0.225 e. The molecule has 1 N–H and O–H groups in total. The van der Waals surface area contributed by atoms with Crippen LogP contribution in [0.25, 0.3) is 0 Å². The van der Waals surface area contributed by atoms with E-state index in [4.69, 9.17) is 0 Å². The number of rotatable bonds is 1. The summed E-state index contributed by atoms with van der Waals surface area (Å²) >= 11 is 0. The zero-order valence-electron chi connectivity index (χ0n) is 11.8. The van der Waals surface area contributed by atoms with Gasteiger partial charge in [0, 0.05) is 38.1 Å². The van der Waals surface area contributed by atoms with E-state index in [1.165, 1.54) is 0 Å². The van der Waals surface area contributed by atoms with E-state index in [1.807, 2.05) is 0 Å². The molecule has 0 aromatic heterocycles. The molecule has 2 aliphatic heterocycles. The van der Waals surface area contributed by atoms with E-state index in [2.05, 4.69) is 19.6 Å². The molecule has 2 atom stereocenters. The molecule has 19 heavy (non-hydrogen) atoms. The Labute approximate surface area is 114 Å². The molecule has 3 aliphatic rings. The highest BCUT2D eigenvalue weighted by Gasteiger charge is 2.53. The first-order chi connectivity index (χ1) is 8.72. The maximum atomic E-state index is 12.3. The molecule has 0 aromatic carbocycles. The summed E-state index contributed by atoms with van der Waals surface area (Å²) in [6.45, 7) is 7.09. The van der Waals surface area contributed by atoms with Crippen LogP contribution in [0.2, 0.25) is 19.6 Å². The predicted octanol–water partition coefficient (Wildman–Crippen LogP) is 1.46. The Kier molecular flexibility index (Phi) is 2.61. The lowest BCUT2D eigenvalue weighted by atomic mass is 9.87. The molecule has 2 saturated heterocycles. The van der Waals surface area contributed by atoms with Gasteiger partial charge in [-0.05, 0) is 5.20 Å². The average Bonchev–Trinajstić information content (AvgIpc) is 2.72. The number of carbonyl (C=O) groups is 2. The van der Waals surface area contributed by atoms with Crippen molar-refractivity contribution in [2.75, 3.05) is 6.54 Å². The molecule has 5 heteroatoms. The first kappa shape index (κ1) is 13.1. The van der Waals surface area contributed by atoms with Crippen molar-refractivity contribution >= 4 is 19.8 Å². The Morgan fingerprint density at radius 1 is 1.32 bits per heavy atom. The number of carbonyl (C=O) groups excluding carboxylic acids is 2. The fourth-order valence-electron chi connectivity index (χ4n) is 3.93. The second-order valence-electron chi connectivity index (χ2n) is 7.14. The summed E-state index contributed by atoms with van der Waals surface area (Å²) in [5.74, 6) is 0.461. The molecule has 2 fully saturated rings. The molecule has 2 unspecified atom stereocenters. The van der Waals surface area contributed by atoms with Crippen molar-refractivity contribution in [3.8, 4) is 0 Å². The maximum absolute atomic E-state index is 12.3. The van der Waals surface area contributed by atoms with E-state index in [9.17, 15) is 14.7 Å². The van der Waals surface area contributed by atoms with Crippen LogP contribution >= 0.6 is 0 Å². The second-order valence-corrected chi connectivity index (χ2v) is 12.1. The van der Waals surface area contributed by atoms with Crippen LogP contribution in [0.1, 0.15) is 25.7 Å². The summed E-state index contributed by atoms with van der Waals surface area (Å²) in [6, 6.07) is 0. The quantitative estimate of drug-likeness (QED) is 0.739. The highest BCUT2D eigenvalue weighted by molar-refractivity contribution is 6.87. The third kappa shape index (κ3) is 1.82. The molecule has 0 radical (unpaired) electrons. The number of aliphatic hydroxyl groups is 1. The number of amides is 1. The van der Waals surface area contributed by atoms with Gasteiger partial charge in [0.2, 0.25) is 5.91 Å². The molecule has 0 spiro atoms. The van der Waals surface area contributed by atoms with Crippen molar-refractivity contribution in [2.24, 2.45) is 5.92 Å². The summed E-state index contributed by atoms with van der Waals surface area (Å²) in [7, 11) is -1.67. The van der Waals surface area contributed by atoms with Gasteiger partial charge in [0.25, 0.3) is 0 Å². The van der Waals surface area contributed by atoms with E-state index in [-0.39, 0.29) is 17.6 Å². The normalized spacial score (nSPS) is 34.9. The van der Waals surface area contributed by atoms with Crippen LogP contribution in [-0.2, 0) is 9.59 Å². The monoisotopic (exact) mass is 279 g/mol. The highest BCUT2D eigenvalue weighted by Crippen LogP contribution is 2.47. The first-order valence-electron chi connectivity index (χ1n) is 7.02. The number of fused-ring (bicyclic) bond motifs is 2. The summed E-state index contributed by atoms with van der Waals surface area (Å²) in [4.78, 5) is 25.7. The molecule has 104 valence electrons. The average molecular weight is 279 g/mol. The van der Waals surface area contributed by atoms with Gasteiger partial charge in [-0.2, -0.15) is 0 Å². The Morgan fingerprint density at radius 2 is 2.00 bits per heavy atom. The molecule has 0 saturated carbocycles. The third-order valence-corrected chi connectivity index (χ3v) is 6.79. The van der Waals surface area contributed by atoms with Gasteiger partial charge in [0.1, 0.15) is 5.72 Å². The van der Waals surface area contributed by atoms with Gasteiger partial charge in [0.05, 0.1) is 8.07 Å². The van der Waals surface area contributed by atoms with E-state index >= 15 is 0 Å². The molecule has 0 bridgehead atoms. The third-order valence-electron chi connectivity index (χ3n) is 4.69. The van der Waals surface area contributed by atoms with E-state index in [1.54, 1.807) is 4.90 Å². The number of hydrogen-bond donors (Lipinski definition) is 1. The first-order valence-corrected chi connectivity index (χ1v) is 10.5. The molecule has 1 aliphatic carbocycles. The Hall–Kier alpha value is -0.943. The lowest BCUT2D eigenvalue weighted by molar-refractivity contribution is -0.150. The largest absolute Gasteiger partial charge is 0.370 e. The number of hydrogen-bond acceptors (Lipinski definition) is 3. The Morgan fingerprint density at radius 3 is 2.63 bits per heavy atom. The van der Waals surface area contributed by atoms with Crippen LogP contribution < -0.4 is 0 Å². The van der Waals surface area contributed by atoms with Crippen molar-refractivity contribution in [3.05, 3.63) is 10.8 Å². The van der Waals surface area contributed by atoms with Crippen molar-refractivity contribution in [2.45, 2.75) is 51.0 Å². The number of ketones is 1. The number of allylic oxidation sites excluding steroid dienone is 1. The summed E-state index contributed by atoms with van der Waals surface area (Å²) in [5.41, 5.74) is 0.149. The smallest absolute Gasteiger partial charge is 0.225 e. The van der Waals surface area contributed by atoms with Crippen molar-refractivity contribution in [1.29, 1.82) is 0 Å². The van der Waals surface area contributed by atoms with Gasteiger partial charge < -0.3 is 10.0 Å². The lowest BCUT2D eigenvalue weighted by Gasteiger charge is -2.42. The van der Waals surface area contributed by atoms with Gasteiger partial charge in [-0.15, -0.1) is 0 Å². The van der Waals surface area contributed by atoms with Gasteiger partial charge in [-0.3, -0.25) is 9.59 Å². The zero-order valence-corrected chi connectivity index (χ0v) is 12.8. The van der Waals surface area contributed by atoms with E-state index in [0.717, 1.165) is 10.8 Å². The van der Waals surface area contributed by atoms with Gasteiger partial charge in [-0.25, -0.2) is 0 Å². The minimum atomic E-state index is -1.67. The topological polar surface area (TPSA) is 57.6 Å². The van der Waals surface area contributed by atoms with Crippen molar-refractivity contribution in [3.63, 3.8) is 0 Å². The lowest BCUT2D eigenvalue weighted by Crippen LogP contribution is -2.52. The van der Waals surface area contributed by atoms with Crippen LogP contribution in [0.3, 0.4) is 0 Å². The van der Waals surface area contributed by atoms with E-state index < -0.39 is 13.8 Å². The Balaban J connectivity index is 2.03. The van der Waals surface area contributed by atoms with Crippen molar-refractivity contribution in [1.82, 2.24) is 4.90 Å². The summed E-state index contributed by atoms with van der Waals surface area (Å²) in [5, 5.41) is 11.7. The van der Waals surface area contributed by atoms with Crippen LogP contribution in [-0.4, -0.2) is 42.0 Å². The second kappa shape index (κ2) is 3.79. The van der Waals surface area contributed by atoms with Gasteiger partial charge >= 0.3 is 0 Å².